The summed E-state index contributed by atoms with van der Waals surface area (Å²) in [6, 6.07) is 21.0. The molecule has 0 aliphatic heterocycles. The predicted molar refractivity (Wildman–Crippen MR) is 101 cm³/mol. The van der Waals surface area contributed by atoms with Crippen LogP contribution in [0.1, 0.15) is 27.0 Å². The molecule has 0 aromatic heterocycles. The lowest BCUT2D eigenvalue weighted by Gasteiger charge is -2.11. The average Bonchev–Trinajstić information content (AvgIpc) is 2.58. The largest absolute Gasteiger partial charge is 0.355 e. The van der Waals surface area contributed by atoms with Crippen LogP contribution in [-0.2, 0) is 0 Å². The number of para-hydroxylation sites is 1. The van der Waals surface area contributed by atoms with Crippen molar-refractivity contribution >= 4 is 28.8 Å². The number of hydrogen-bond acceptors (Lipinski definition) is 2. The fraction of sp³-hybridized carbons (Fsp3) is 0.0952. The number of hydrogen-bond donors (Lipinski definition) is 1. The maximum Gasteiger partial charge on any atom is 0.194 e. The zero-order chi connectivity index (χ0) is 17.1. The third kappa shape index (κ3) is 3.34. The lowest BCUT2D eigenvalue weighted by atomic mass is 9.96. The van der Waals surface area contributed by atoms with E-state index in [0.717, 1.165) is 22.5 Å². The van der Waals surface area contributed by atoms with Gasteiger partial charge in [0.15, 0.2) is 5.78 Å². The molecule has 0 spiro atoms. The fourth-order valence-corrected chi connectivity index (χ4v) is 2.87. The molecule has 24 heavy (non-hydrogen) atoms. The van der Waals surface area contributed by atoms with Crippen LogP contribution in [0, 0.1) is 13.8 Å². The lowest BCUT2D eigenvalue weighted by molar-refractivity contribution is 0.103. The summed E-state index contributed by atoms with van der Waals surface area (Å²) in [5, 5.41) is 3.72. The van der Waals surface area contributed by atoms with E-state index in [4.69, 9.17) is 11.6 Å². The van der Waals surface area contributed by atoms with Crippen molar-refractivity contribution in [3.05, 3.63) is 94.0 Å². The topological polar surface area (TPSA) is 29.1 Å². The van der Waals surface area contributed by atoms with E-state index in [1.165, 1.54) is 0 Å². The van der Waals surface area contributed by atoms with Crippen LogP contribution in [0.25, 0.3) is 0 Å². The van der Waals surface area contributed by atoms with Gasteiger partial charge >= 0.3 is 0 Å². The molecule has 3 heteroatoms. The third-order valence-corrected chi connectivity index (χ3v) is 4.44. The summed E-state index contributed by atoms with van der Waals surface area (Å²) in [4.78, 5) is 12.8. The quantitative estimate of drug-likeness (QED) is 0.598. The zero-order valence-electron chi connectivity index (χ0n) is 13.6. The van der Waals surface area contributed by atoms with Crippen LogP contribution in [0.3, 0.4) is 0 Å². The predicted octanol–water partition coefficient (Wildman–Crippen LogP) is 5.93. The number of anilines is 2. The second kappa shape index (κ2) is 6.90. The number of nitrogens with one attached hydrogen (secondary N) is 1. The first-order chi connectivity index (χ1) is 11.6. The molecule has 0 atom stereocenters. The number of halogens is 1. The van der Waals surface area contributed by atoms with Gasteiger partial charge in [-0.05, 0) is 55.3 Å². The molecule has 0 amide bonds. The summed E-state index contributed by atoms with van der Waals surface area (Å²) < 4.78 is 0. The van der Waals surface area contributed by atoms with Crippen molar-refractivity contribution in [1.29, 1.82) is 0 Å². The second-order valence-corrected chi connectivity index (χ2v) is 6.17. The van der Waals surface area contributed by atoms with Crippen molar-refractivity contribution in [3.63, 3.8) is 0 Å². The fourth-order valence-electron chi connectivity index (χ4n) is 2.61. The SMILES string of the molecule is Cc1cccc(C(=O)c2ccc(Nc3ccccc3)cc2Cl)c1C. The lowest BCUT2D eigenvalue weighted by Crippen LogP contribution is -2.06. The van der Waals surface area contributed by atoms with Gasteiger partial charge in [0.05, 0.1) is 5.02 Å². The molecule has 0 aliphatic carbocycles. The minimum Gasteiger partial charge on any atom is -0.355 e. The normalized spacial score (nSPS) is 10.5. The van der Waals surface area contributed by atoms with E-state index in [-0.39, 0.29) is 5.78 Å². The highest BCUT2D eigenvalue weighted by molar-refractivity contribution is 6.35. The van der Waals surface area contributed by atoms with Gasteiger partial charge in [-0.2, -0.15) is 0 Å². The van der Waals surface area contributed by atoms with Gasteiger partial charge < -0.3 is 5.32 Å². The van der Waals surface area contributed by atoms with Gasteiger partial charge in [-0.25, -0.2) is 0 Å². The van der Waals surface area contributed by atoms with E-state index in [1.54, 1.807) is 12.1 Å². The van der Waals surface area contributed by atoms with Crippen molar-refractivity contribution in [1.82, 2.24) is 0 Å². The van der Waals surface area contributed by atoms with Crippen LogP contribution >= 0.6 is 11.6 Å². The second-order valence-electron chi connectivity index (χ2n) is 5.76. The number of rotatable bonds is 4. The highest BCUT2D eigenvalue weighted by atomic mass is 35.5. The molecule has 0 unspecified atom stereocenters. The Bertz CT molecular complexity index is 888. The Hall–Kier alpha value is -2.58. The van der Waals surface area contributed by atoms with E-state index in [1.807, 2.05) is 68.4 Å². The standard InChI is InChI=1S/C21H18ClNO/c1-14-7-6-10-18(15(14)2)21(24)19-12-11-17(13-20(19)22)23-16-8-4-3-5-9-16/h3-13,23H,1-2H3. The molecule has 3 aromatic rings. The molecule has 0 aliphatic rings. The first-order valence-corrected chi connectivity index (χ1v) is 8.16. The van der Waals surface area contributed by atoms with Gasteiger partial charge in [0.25, 0.3) is 0 Å². The van der Waals surface area contributed by atoms with Gasteiger partial charge in [0, 0.05) is 22.5 Å². The highest BCUT2D eigenvalue weighted by Gasteiger charge is 2.16. The van der Waals surface area contributed by atoms with Crippen LogP contribution in [0.4, 0.5) is 11.4 Å². The number of carbonyl (C=O) groups excluding carboxylic acids is 1. The minimum absolute atomic E-state index is 0.0486. The molecule has 0 saturated heterocycles. The van der Waals surface area contributed by atoms with E-state index >= 15 is 0 Å². The smallest absolute Gasteiger partial charge is 0.194 e. The molecule has 0 heterocycles. The molecule has 0 radical (unpaired) electrons. The molecule has 1 N–H and O–H groups in total. The maximum atomic E-state index is 12.8. The van der Waals surface area contributed by atoms with E-state index < -0.39 is 0 Å². The minimum atomic E-state index is -0.0486. The molecule has 0 saturated carbocycles. The third-order valence-electron chi connectivity index (χ3n) is 4.13. The van der Waals surface area contributed by atoms with Crippen LogP contribution in [0.5, 0.6) is 0 Å². The summed E-state index contributed by atoms with van der Waals surface area (Å²) >= 11 is 6.37. The van der Waals surface area contributed by atoms with Crippen molar-refractivity contribution in [3.8, 4) is 0 Å². The first-order valence-electron chi connectivity index (χ1n) is 7.79. The number of carbonyl (C=O) groups is 1. The first kappa shape index (κ1) is 16.3. The summed E-state index contributed by atoms with van der Waals surface area (Å²) in [6.07, 6.45) is 0. The van der Waals surface area contributed by atoms with Crippen LogP contribution in [0.15, 0.2) is 66.7 Å². The number of benzene rings is 3. The van der Waals surface area contributed by atoms with E-state index in [0.29, 0.717) is 16.1 Å². The Balaban J connectivity index is 1.90. The molecular formula is C21H18ClNO. The highest BCUT2D eigenvalue weighted by Crippen LogP contribution is 2.27. The summed E-state index contributed by atoms with van der Waals surface area (Å²) in [5.41, 5.74) is 5.12. The molecule has 3 aromatic carbocycles. The van der Waals surface area contributed by atoms with Crippen LogP contribution in [0.2, 0.25) is 5.02 Å². The Labute approximate surface area is 147 Å². The van der Waals surface area contributed by atoms with Gasteiger partial charge in [-0.15, -0.1) is 0 Å². The number of aryl methyl sites for hydroxylation is 1. The van der Waals surface area contributed by atoms with Crippen LogP contribution < -0.4 is 5.32 Å². The van der Waals surface area contributed by atoms with E-state index in [9.17, 15) is 4.79 Å². The maximum absolute atomic E-state index is 12.8. The van der Waals surface area contributed by atoms with Crippen LogP contribution in [-0.4, -0.2) is 5.78 Å². The Morgan fingerprint density at radius 2 is 1.58 bits per heavy atom. The molecule has 0 bridgehead atoms. The van der Waals surface area contributed by atoms with Gasteiger partial charge in [-0.1, -0.05) is 48.0 Å². The molecular weight excluding hydrogens is 318 g/mol. The van der Waals surface area contributed by atoms with Crippen molar-refractivity contribution in [2.45, 2.75) is 13.8 Å². The van der Waals surface area contributed by atoms with Crippen molar-refractivity contribution in [2.24, 2.45) is 0 Å². The Kier molecular flexibility index (Phi) is 4.68. The monoisotopic (exact) mass is 335 g/mol. The number of ketones is 1. The summed E-state index contributed by atoms with van der Waals surface area (Å²) in [6.45, 7) is 3.96. The molecule has 120 valence electrons. The van der Waals surface area contributed by atoms with Crippen molar-refractivity contribution < 1.29 is 4.79 Å². The van der Waals surface area contributed by atoms with Crippen molar-refractivity contribution in [2.75, 3.05) is 5.32 Å². The molecule has 2 nitrogen and oxygen atoms in total. The average molecular weight is 336 g/mol. The molecule has 0 fully saturated rings. The van der Waals surface area contributed by atoms with Gasteiger partial charge in [0.1, 0.15) is 0 Å². The van der Waals surface area contributed by atoms with E-state index in [2.05, 4.69) is 5.32 Å². The Morgan fingerprint density at radius 1 is 0.833 bits per heavy atom. The summed E-state index contributed by atoms with van der Waals surface area (Å²) in [7, 11) is 0. The molecule has 3 rings (SSSR count). The van der Waals surface area contributed by atoms with Gasteiger partial charge in [-0.3, -0.25) is 4.79 Å². The zero-order valence-corrected chi connectivity index (χ0v) is 14.4. The Morgan fingerprint density at radius 3 is 2.29 bits per heavy atom. The summed E-state index contributed by atoms with van der Waals surface area (Å²) in [5.74, 6) is -0.0486. The van der Waals surface area contributed by atoms with Gasteiger partial charge in [0.2, 0.25) is 0 Å².